The summed E-state index contributed by atoms with van der Waals surface area (Å²) in [5, 5.41) is 9.24. The van der Waals surface area contributed by atoms with Crippen molar-refractivity contribution >= 4 is 5.97 Å². The Morgan fingerprint density at radius 3 is 2.92 bits per heavy atom. The van der Waals surface area contributed by atoms with Crippen LogP contribution in [0.15, 0.2) is 23.8 Å². The minimum Gasteiger partial charge on any atom is -0.465 e. The van der Waals surface area contributed by atoms with Crippen LogP contribution in [0.5, 0.6) is 0 Å². The monoisotopic (exact) mass is 169 g/mol. The van der Waals surface area contributed by atoms with E-state index in [9.17, 15) is 9.90 Å². The second kappa shape index (κ2) is 3.08. The molecule has 1 aliphatic carbocycles. The molecular weight excluding hydrogens is 158 g/mol. The first-order valence-electron chi connectivity index (χ1n) is 3.54. The van der Waals surface area contributed by atoms with E-state index in [4.69, 9.17) is 5.73 Å². The zero-order valence-electron chi connectivity index (χ0n) is 6.78. The fraction of sp³-hybridized carbons (Fsp3) is 0.375. The summed E-state index contributed by atoms with van der Waals surface area (Å²) < 4.78 is 4.48. The molecule has 0 aliphatic heterocycles. The Labute approximate surface area is 70.3 Å². The quantitative estimate of drug-likeness (QED) is 0.417. The summed E-state index contributed by atoms with van der Waals surface area (Å²) in [6, 6.07) is 0. The molecule has 0 saturated carbocycles. The van der Waals surface area contributed by atoms with Crippen LogP contribution in [0.1, 0.15) is 6.42 Å². The topological polar surface area (TPSA) is 72.5 Å². The zero-order valence-corrected chi connectivity index (χ0v) is 6.78. The average molecular weight is 169 g/mol. The zero-order chi connectivity index (χ0) is 9.19. The van der Waals surface area contributed by atoms with Crippen LogP contribution >= 0.6 is 0 Å². The van der Waals surface area contributed by atoms with Gasteiger partial charge in [0.05, 0.1) is 12.7 Å². The summed E-state index contributed by atoms with van der Waals surface area (Å²) in [4.78, 5) is 10.9. The van der Waals surface area contributed by atoms with Crippen molar-refractivity contribution in [3.05, 3.63) is 23.8 Å². The molecule has 3 N–H and O–H groups in total. The van der Waals surface area contributed by atoms with Gasteiger partial charge >= 0.3 is 5.97 Å². The van der Waals surface area contributed by atoms with E-state index in [1.54, 1.807) is 6.08 Å². The number of esters is 1. The SMILES string of the molecule is COC(=O)C1=CCC(N)(O)C=C1. The summed E-state index contributed by atoms with van der Waals surface area (Å²) in [5.74, 6) is -0.415. The van der Waals surface area contributed by atoms with Crippen LogP contribution < -0.4 is 5.73 Å². The smallest absolute Gasteiger partial charge is 0.337 e. The summed E-state index contributed by atoms with van der Waals surface area (Å²) in [6.07, 6.45) is 4.61. The first-order chi connectivity index (χ1) is 5.55. The highest BCUT2D eigenvalue weighted by Gasteiger charge is 2.21. The van der Waals surface area contributed by atoms with Gasteiger partial charge < -0.3 is 15.6 Å². The lowest BCUT2D eigenvalue weighted by molar-refractivity contribution is -0.135. The van der Waals surface area contributed by atoms with E-state index in [2.05, 4.69) is 4.74 Å². The summed E-state index contributed by atoms with van der Waals surface area (Å²) in [6.45, 7) is 0. The molecule has 1 aliphatic rings. The maximum absolute atomic E-state index is 10.9. The number of nitrogens with two attached hydrogens (primary N) is 1. The molecule has 66 valence electrons. The highest BCUT2D eigenvalue weighted by molar-refractivity contribution is 5.91. The minimum atomic E-state index is -1.32. The molecule has 0 radical (unpaired) electrons. The van der Waals surface area contributed by atoms with Gasteiger partial charge in [0.1, 0.15) is 5.72 Å². The lowest BCUT2D eigenvalue weighted by atomic mass is 10.0. The predicted octanol–water partition coefficient (Wildman–Crippen LogP) is -0.307. The number of hydrogen-bond donors (Lipinski definition) is 2. The minimum absolute atomic E-state index is 0.230. The molecule has 0 heterocycles. The lowest BCUT2D eigenvalue weighted by Crippen LogP contribution is -2.37. The van der Waals surface area contributed by atoms with Crippen LogP contribution in [0.4, 0.5) is 0 Å². The van der Waals surface area contributed by atoms with E-state index in [0.717, 1.165) is 0 Å². The molecule has 0 bridgehead atoms. The molecule has 0 aromatic heterocycles. The normalized spacial score (nSPS) is 28.1. The second-order valence-electron chi connectivity index (χ2n) is 2.68. The van der Waals surface area contributed by atoms with Crippen molar-refractivity contribution in [1.29, 1.82) is 0 Å². The number of rotatable bonds is 1. The Hall–Kier alpha value is -1.13. The van der Waals surface area contributed by atoms with E-state index < -0.39 is 11.7 Å². The van der Waals surface area contributed by atoms with Crippen molar-refractivity contribution < 1.29 is 14.6 Å². The largest absolute Gasteiger partial charge is 0.465 e. The molecule has 4 heteroatoms. The van der Waals surface area contributed by atoms with E-state index >= 15 is 0 Å². The molecule has 0 aromatic rings. The van der Waals surface area contributed by atoms with Gasteiger partial charge in [-0.3, -0.25) is 0 Å². The van der Waals surface area contributed by atoms with E-state index in [-0.39, 0.29) is 6.42 Å². The first kappa shape index (κ1) is 8.96. The third-order valence-corrected chi connectivity index (χ3v) is 1.62. The van der Waals surface area contributed by atoms with Gasteiger partial charge in [-0.15, -0.1) is 0 Å². The lowest BCUT2D eigenvalue weighted by Gasteiger charge is -2.20. The maximum atomic E-state index is 10.9. The van der Waals surface area contributed by atoms with Crippen LogP contribution in [-0.2, 0) is 9.53 Å². The van der Waals surface area contributed by atoms with Crippen LogP contribution in [0, 0.1) is 0 Å². The molecule has 12 heavy (non-hydrogen) atoms. The first-order valence-corrected chi connectivity index (χ1v) is 3.54. The third kappa shape index (κ3) is 1.93. The van der Waals surface area contributed by atoms with E-state index in [1.807, 2.05) is 0 Å². The molecule has 4 nitrogen and oxygen atoms in total. The van der Waals surface area contributed by atoms with Gasteiger partial charge in [-0.2, -0.15) is 0 Å². The molecule has 0 saturated heterocycles. The van der Waals surface area contributed by atoms with Gasteiger partial charge in [-0.1, -0.05) is 6.08 Å². The third-order valence-electron chi connectivity index (χ3n) is 1.62. The molecular formula is C8H11NO3. The van der Waals surface area contributed by atoms with Gasteiger partial charge in [-0.25, -0.2) is 4.79 Å². The van der Waals surface area contributed by atoms with Crippen molar-refractivity contribution in [2.24, 2.45) is 5.73 Å². The molecule has 1 atom stereocenters. The van der Waals surface area contributed by atoms with Gasteiger partial charge in [-0.05, 0) is 12.2 Å². The van der Waals surface area contributed by atoms with Gasteiger partial charge in [0.15, 0.2) is 0 Å². The number of hydrogen-bond acceptors (Lipinski definition) is 4. The summed E-state index contributed by atoms with van der Waals surface area (Å²) >= 11 is 0. The Morgan fingerprint density at radius 1 is 1.83 bits per heavy atom. The predicted molar refractivity (Wildman–Crippen MR) is 43.0 cm³/mol. The maximum Gasteiger partial charge on any atom is 0.337 e. The Balaban J connectivity index is 2.71. The van der Waals surface area contributed by atoms with Gasteiger partial charge in [0.25, 0.3) is 0 Å². The van der Waals surface area contributed by atoms with Crippen LogP contribution in [-0.4, -0.2) is 23.9 Å². The number of carbonyl (C=O) groups excluding carboxylic acids is 1. The molecule has 1 unspecified atom stereocenters. The molecule has 0 amide bonds. The standard InChI is InChI=1S/C8H11NO3/c1-12-7(10)6-2-4-8(9,11)5-3-6/h2-4,11H,5,9H2,1H3. The second-order valence-corrected chi connectivity index (χ2v) is 2.68. The van der Waals surface area contributed by atoms with Crippen LogP contribution in [0.2, 0.25) is 0 Å². The Morgan fingerprint density at radius 2 is 2.50 bits per heavy atom. The van der Waals surface area contributed by atoms with Gasteiger partial charge in [0.2, 0.25) is 0 Å². The van der Waals surface area contributed by atoms with E-state index in [1.165, 1.54) is 19.3 Å². The van der Waals surface area contributed by atoms with Crippen molar-refractivity contribution in [2.45, 2.75) is 12.1 Å². The number of aliphatic hydroxyl groups is 1. The fourth-order valence-corrected chi connectivity index (χ4v) is 0.913. The van der Waals surface area contributed by atoms with Crippen molar-refractivity contribution in [3.8, 4) is 0 Å². The fourth-order valence-electron chi connectivity index (χ4n) is 0.913. The molecule has 0 fully saturated rings. The Kier molecular flexibility index (Phi) is 2.30. The number of methoxy groups -OCH3 is 1. The average Bonchev–Trinajstić information content (AvgIpc) is 2.03. The number of ether oxygens (including phenoxy) is 1. The Bertz CT molecular complexity index is 253. The number of carbonyl (C=O) groups is 1. The van der Waals surface area contributed by atoms with Crippen molar-refractivity contribution in [3.63, 3.8) is 0 Å². The molecule has 0 aromatic carbocycles. The van der Waals surface area contributed by atoms with Crippen LogP contribution in [0.25, 0.3) is 0 Å². The van der Waals surface area contributed by atoms with Crippen molar-refractivity contribution in [1.82, 2.24) is 0 Å². The highest BCUT2D eigenvalue weighted by Crippen LogP contribution is 2.16. The highest BCUT2D eigenvalue weighted by atomic mass is 16.5. The van der Waals surface area contributed by atoms with Crippen LogP contribution in [0.3, 0.4) is 0 Å². The molecule has 0 spiro atoms. The van der Waals surface area contributed by atoms with E-state index in [0.29, 0.717) is 5.57 Å². The van der Waals surface area contributed by atoms with Gasteiger partial charge in [0, 0.05) is 6.42 Å². The summed E-state index contributed by atoms with van der Waals surface area (Å²) in [7, 11) is 1.31. The summed E-state index contributed by atoms with van der Waals surface area (Å²) in [5.41, 5.74) is 4.46. The van der Waals surface area contributed by atoms with Crippen molar-refractivity contribution in [2.75, 3.05) is 7.11 Å². The molecule has 1 rings (SSSR count).